The van der Waals surface area contributed by atoms with Crippen molar-refractivity contribution in [3.8, 4) is 0 Å². The van der Waals surface area contributed by atoms with Gasteiger partial charge >= 0.3 is 33.3 Å². The van der Waals surface area contributed by atoms with Gasteiger partial charge in [-0.05, 0) is 38.0 Å². The van der Waals surface area contributed by atoms with Gasteiger partial charge < -0.3 is 24.1 Å². The van der Waals surface area contributed by atoms with Crippen molar-refractivity contribution in [2.45, 2.75) is 92.1 Å². The Balaban J connectivity index is 1.26. The van der Waals surface area contributed by atoms with Gasteiger partial charge in [0.15, 0.2) is 0 Å². The summed E-state index contributed by atoms with van der Waals surface area (Å²) >= 11 is 0. The number of carbonyl (C=O) groups is 3. The molecular formula is C21H26F2O11S. The fourth-order valence-corrected chi connectivity index (χ4v) is 7.34. The lowest BCUT2D eigenvalue weighted by molar-refractivity contribution is -0.277. The standard InChI is InChI=1S/C21H26F2O11S/c22-21(23,35(28,29)30)17(26)34-20-6-11-4-18(27,9-20)8-19(5-11,10-20)31-7-15(24)32-13-2-1-12-3-14(13)33-16(12)25/h11-14,27H,1-10H2,(H,28,29,30). The zero-order valence-corrected chi connectivity index (χ0v) is 19.4. The van der Waals surface area contributed by atoms with Crippen LogP contribution in [0.15, 0.2) is 0 Å². The SMILES string of the molecule is O=C(COC12CC3CC(O)(C1)CC(OC(=O)C(F)(F)S(=O)(=O)O)(C3)C2)OC1CCC2CC1OC2=O. The van der Waals surface area contributed by atoms with Crippen LogP contribution in [0.3, 0.4) is 0 Å². The van der Waals surface area contributed by atoms with Crippen LogP contribution in [-0.2, 0) is 43.4 Å². The first-order valence-corrected chi connectivity index (χ1v) is 12.9. The first kappa shape index (κ1) is 24.8. The number of ether oxygens (including phenoxy) is 4. The number of alkyl halides is 2. The van der Waals surface area contributed by atoms with E-state index in [1.165, 1.54) is 0 Å². The topological polar surface area (TPSA) is 163 Å². The molecule has 6 fully saturated rings. The summed E-state index contributed by atoms with van der Waals surface area (Å²) in [5.41, 5.74) is -4.24. The van der Waals surface area contributed by atoms with Crippen LogP contribution < -0.4 is 0 Å². The Morgan fingerprint density at radius 3 is 2.49 bits per heavy atom. The summed E-state index contributed by atoms with van der Waals surface area (Å²) in [6.45, 7) is -0.519. The Kier molecular flexibility index (Phi) is 5.52. The molecule has 7 unspecified atom stereocenters. The molecule has 1 saturated heterocycles. The van der Waals surface area contributed by atoms with E-state index in [0.717, 1.165) is 0 Å². The molecule has 11 nitrogen and oxygen atoms in total. The van der Waals surface area contributed by atoms with Crippen molar-refractivity contribution in [1.29, 1.82) is 0 Å². The lowest BCUT2D eigenvalue weighted by Gasteiger charge is -2.63. The molecule has 6 aliphatic rings. The van der Waals surface area contributed by atoms with Gasteiger partial charge in [-0.3, -0.25) is 9.35 Å². The number of hydrogen-bond donors (Lipinski definition) is 2. The summed E-state index contributed by atoms with van der Waals surface area (Å²) in [6.07, 6.45) is 0.947. The number of rotatable bonds is 7. The average Bonchev–Trinajstić information content (AvgIpc) is 3.00. The summed E-state index contributed by atoms with van der Waals surface area (Å²) < 4.78 is 79.9. The van der Waals surface area contributed by atoms with Gasteiger partial charge in [-0.25, -0.2) is 9.59 Å². The van der Waals surface area contributed by atoms with E-state index in [9.17, 15) is 36.7 Å². The molecule has 5 saturated carbocycles. The predicted octanol–water partition coefficient (Wildman–Crippen LogP) is 0.870. The second kappa shape index (κ2) is 7.80. The van der Waals surface area contributed by atoms with Gasteiger partial charge in [-0.15, -0.1) is 0 Å². The van der Waals surface area contributed by atoms with Crippen LogP contribution >= 0.6 is 0 Å². The quantitative estimate of drug-likeness (QED) is 0.276. The van der Waals surface area contributed by atoms with Gasteiger partial charge in [0, 0.05) is 25.7 Å². The highest BCUT2D eigenvalue weighted by molar-refractivity contribution is 7.87. The minimum Gasteiger partial charge on any atom is -0.458 e. The van der Waals surface area contributed by atoms with Gasteiger partial charge in [0.05, 0.1) is 17.1 Å². The highest BCUT2D eigenvalue weighted by Gasteiger charge is 2.67. The van der Waals surface area contributed by atoms with Crippen molar-refractivity contribution in [2.24, 2.45) is 11.8 Å². The van der Waals surface area contributed by atoms with Gasteiger partial charge in [0.25, 0.3) is 0 Å². The van der Waals surface area contributed by atoms with Gasteiger partial charge in [0.2, 0.25) is 0 Å². The van der Waals surface area contributed by atoms with Crippen LogP contribution in [0.1, 0.15) is 57.8 Å². The van der Waals surface area contributed by atoms with E-state index in [-0.39, 0.29) is 43.5 Å². The molecule has 7 atom stereocenters. The van der Waals surface area contributed by atoms with E-state index in [0.29, 0.717) is 32.1 Å². The Morgan fingerprint density at radius 2 is 1.80 bits per heavy atom. The van der Waals surface area contributed by atoms with Crippen LogP contribution in [0.5, 0.6) is 0 Å². The lowest BCUT2D eigenvalue weighted by Crippen LogP contribution is -2.68. The van der Waals surface area contributed by atoms with Crippen molar-refractivity contribution in [1.82, 2.24) is 0 Å². The van der Waals surface area contributed by atoms with Crippen LogP contribution in [0.4, 0.5) is 8.78 Å². The average molecular weight is 524 g/mol. The number of aliphatic hydroxyl groups is 1. The maximum absolute atomic E-state index is 13.9. The largest absolute Gasteiger partial charge is 0.465 e. The monoisotopic (exact) mass is 524 g/mol. The summed E-state index contributed by atoms with van der Waals surface area (Å²) in [5.74, 6) is -3.91. The first-order chi connectivity index (χ1) is 16.1. The number of carbonyl (C=O) groups excluding carboxylic acids is 3. The van der Waals surface area contributed by atoms with Gasteiger partial charge in [0.1, 0.15) is 24.4 Å². The molecule has 0 aromatic carbocycles. The molecule has 0 spiro atoms. The Bertz CT molecular complexity index is 1060. The molecule has 0 amide bonds. The third kappa shape index (κ3) is 4.31. The molecule has 2 N–H and O–H groups in total. The zero-order chi connectivity index (χ0) is 25.4. The van der Waals surface area contributed by atoms with Crippen molar-refractivity contribution in [3.05, 3.63) is 0 Å². The summed E-state index contributed by atoms with van der Waals surface area (Å²) in [6, 6.07) is 0. The van der Waals surface area contributed by atoms with E-state index >= 15 is 0 Å². The normalized spacial score (nSPS) is 42.0. The molecule has 6 bridgehead atoms. The van der Waals surface area contributed by atoms with E-state index in [2.05, 4.69) is 0 Å². The molecule has 0 radical (unpaired) electrons. The second-order valence-electron chi connectivity index (χ2n) is 10.8. The molecular weight excluding hydrogens is 498 g/mol. The minimum atomic E-state index is -6.05. The van der Waals surface area contributed by atoms with Crippen LogP contribution in [0.2, 0.25) is 0 Å². The predicted molar refractivity (Wildman–Crippen MR) is 107 cm³/mol. The Hall–Kier alpha value is -1.90. The number of halogens is 2. The molecule has 1 aliphatic heterocycles. The fourth-order valence-electron chi connectivity index (χ4n) is 7.08. The second-order valence-corrected chi connectivity index (χ2v) is 12.2. The van der Waals surface area contributed by atoms with Crippen LogP contribution in [0, 0.1) is 11.8 Å². The van der Waals surface area contributed by atoms with Gasteiger partial charge in [-0.2, -0.15) is 17.2 Å². The zero-order valence-electron chi connectivity index (χ0n) is 18.6. The van der Waals surface area contributed by atoms with E-state index < -0.39 is 62.9 Å². The molecule has 0 aromatic heterocycles. The van der Waals surface area contributed by atoms with Crippen molar-refractivity contribution in [3.63, 3.8) is 0 Å². The molecule has 5 aliphatic carbocycles. The highest BCUT2D eigenvalue weighted by Crippen LogP contribution is 2.62. The molecule has 1 heterocycles. The molecule has 0 aromatic rings. The number of esters is 3. The summed E-state index contributed by atoms with van der Waals surface area (Å²) in [5, 5.41) is 5.87. The van der Waals surface area contributed by atoms with E-state index in [4.69, 9.17) is 23.5 Å². The molecule has 6 rings (SSSR count). The van der Waals surface area contributed by atoms with Crippen molar-refractivity contribution in [2.75, 3.05) is 6.61 Å². The first-order valence-electron chi connectivity index (χ1n) is 11.5. The number of fused-ring (bicyclic) bond motifs is 2. The Morgan fingerprint density at radius 1 is 1.11 bits per heavy atom. The highest BCUT2D eigenvalue weighted by atomic mass is 32.2. The minimum absolute atomic E-state index is 0.0725. The third-order valence-electron chi connectivity index (χ3n) is 7.92. The fraction of sp³-hybridized carbons (Fsp3) is 0.857. The summed E-state index contributed by atoms with van der Waals surface area (Å²) in [7, 11) is -6.05. The Labute approximate surface area is 199 Å². The molecule has 14 heteroatoms. The van der Waals surface area contributed by atoms with Gasteiger partial charge in [-0.1, -0.05) is 0 Å². The maximum Gasteiger partial charge on any atom is 0.465 e. The third-order valence-corrected chi connectivity index (χ3v) is 8.73. The smallest absolute Gasteiger partial charge is 0.458 e. The van der Waals surface area contributed by atoms with Crippen molar-refractivity contribution >= 4 is 28.0 Å². The molecule has 196 valence electrons. The maximum atomic E-state index is 13.9. The van der Waals surface area contributed by atoms with E-state index in [1.807, 2.05) is 0 Å². The van der Waals surface area contributed by atoms with Crippen LogP contribution in [0.25, 0.3) is 0 Å². The lowest BCUT2D eigenvalue weighted by atomic mass is 9.50. The van der Waals surface area contributed by atoms with Crippen molar-refractivity contribution < 1.29 is 60.2 Å². The molecule has 35 heavy (non-hydrogen) atoms. The van der Waals surface area contributed by atoms with Crippen LogP contribution in [-0.4, -0.2) is 76.9 Å². The number of hydrogen-bond acceptors (Lipinski definition) is 10. The van der Waals surface area contributed by atoms with E-state index in [1.54, 1.807) is 0 Å². The summed E-state index contributed by atoms with van der Waals surface area (Å²) in [4.78, 5) is 36.2.